The van der Waals surface area contributed by atoms with Crippen molar-refractivity contribution in [2.75, 3.05) is 6.54 Å². The highest BCUT2D eigenvalue weighted by molar-refractivity contribution is 7.89. The molecule has 130 valence electrons. The summed E-state index contributed by atoms with van der Waals surface area (Å²) in [5.74, 6) is 0.241. The zero-order valence-electron chi connectivity index (χ0n) is 14.4. The van der Waals surface area contributed by atoms with E-state index < -0.39 is 10.0 Å². The molecule has 1 aliphatic heterocycles. The maximum atomic E-state index is 13.0. The molecule has 1 aromatic rings. The van der Waals surface area contributed by atoms with Crippen molar-refractivity contribution in [1.29, 1.82) is 0 Å². The van der Waals surface area contributed by atoms with Gasteiger partial charge in [0.15, 0.2) is 5.78 Å². The first kappa shape index (κ1) is 17.2. The quantitative estimate of drug-likeness (QED) is 0.814. The van der Waals surface area contributed by atoms with E-state index in [9.17, 15) is 13.2 Å². The van der Waals surface area contributed by atoms with E-state index in [0.29, 0.717) is 18.7 Å². The van der Waals surface area contributed by atoms with Gasteiger partial charge in [-0.05, 0) is 49.8 Å². The molecule has 0 saturated carbocycles. The van der Waals surface area contributed by atoms with Gasteiger partial charge in [-0.3, -0.25) is 9.10 Å². The molecule has 0 amide bonds. The molecule has 24 heavy (non-hydrogen) atoms. The fourth-order valence-electron chi connectivity index (χ4n) is 3.77. The molecule has 1 unspecified atom stereocenters. The van der Waals surface area contributed by atoms with Gasteiger partial charge < -0.3 is 0 Å². The molecule has 0 N–H and O–H groups in total. The first-order valence-corrected chi connectivity index (χ1v) is 10.2. The van der Waals surface area contributed by atoms with Gasteiger partial charge in [0.05, 0.1) is 10.6 Å². The predicted octanol–water partition coefficient (Wildman–Crippen LogP) is 3.81. The lowest BCUT2D eigenvalue weighted by Gasteiger charge is -2.30. The number of sulfonamides is 1. The molecule has 0 saturated heterocycles. The second-order valence-corrected chi connectivity index (χ2v) is 8.70. The van der Waals surface area contributed by atoms with Crippen LogP contribution in [0.15, 0.2) is 40.4 Å². The van der Waals surface area contributed by atoms with E-state index in [1.165, 1.54) is 4.31 Å². The van der Waals surface area contributed by atoms with Gasteiger partial charge in [0, 0.05) is 13.0 Å². The molecule has 0 aromatic heterocycles. The molecule has 1 aliphatic carbocycles. The number of benzene rings is 1. The normalized spacial score (nSPS) is 21.3. The number of carbonyl (C=O) groups is 1. The van der Waals surface area contributed by atoms with E-state index in [0.717, 1.165) is 43.2 Å². The summed E-state index contributed by atoms with van der Waals surface area (Å²) in [5, 5.41) is 0. The molecule has 3 rings (SSSR count). The molecule has 1 aromatic carbocycles. The largest absolute Gasteiger partial charge is 0.292 e. The van der Waals surface area contributed by atoms with Crippen LogP contribution in [-0.4, -0.2) is 25.1 Å². The summed E-state index contributed by atoms with van der Waals surface area (Å²) < 4.78 is 27.5. The van der Waals surface area contributed by atoms with Crippen molar-refractivity contribution < 1.29 is 13.2 Å². The number of Topliss-reactive ketones (excluding diaryl/α,β-unsaturated/α-hetero) is 1. The lowest BCUT2D eigenvalue weighted by atomic mass is 9.91. The highest BCUT2D eigenvalue weighted by Crippen LogP contribution is 2.41. The van der Waals surface area contributed by atoms with Crippen LogP contribution in [0, 0.1) is 12.8 Å². The van der Waals surface area contributed by atoms with Gasteiger partial charge >= 0.3 is 0 Å². The van der Waals surface area contributed by atoms with Crippen LogP contribution in [0.4, 0.5) is 0 Å². The second kappa shape index (κ2) is 6.71. The minimum Gasteiger partial charge on any atom is -0.292 e. The lowest BCUT2D eigenvalue weighted by molar-refractivity contribution is -0.116. The van der Waals surface area contributed by atoms with Gasteiger partial charge in [0.25, 0.3) is 10.0 Å². The third kappa shape index (κ3) is 3.02. The summed E-state index contributed by atoms with van der Waals surface area (Å²) in [6, 6.07) is 6.86. The summed E-state index contributed by atoms with van der Waals surface area (Å²) in [5.41, 5.74) is 2.57. The van der Waals surface area contributed by atoms with Gasteiger partial charge in [0.2, 0.25) is 0 Å². The third-order valence-corrected chi connectivity index (χ3v) is 6.88. The highest BCUT2D eigenvalue weighted by atomic mass is 32.2. The molecule has 4 nitrogen and oxygen atoms in total. The predicted molar refractivity (Wildman–Crippen MR) is 94.0 cm³/mol. The van der Waals surface area contributed by atoms with Crippen LogP contribution >= 0.6 is 0 Å². The first-order valence-electron chi connectivity index (χ1n) is 8.80. The maximum Gasteiger partial charge on any atom is 0.264 e. The number of ketones is 1. The van der Waals surface area contributed by atoms with Gasteiger partial charge in [-0.25, -0.2) is 8.42 Å². The number of nitrogens with zero attached hydrogens (tertiary/aromatic N) is 1. The number of unbranched alkanes of at least 4 members (excludes halogenated alkanes) is 1. The lowest BCUT2D eigenvalue weighted by Crippen LogP contribution is -2.36. The zero-order valence-corrected chi connectivity index (χ0v) is 15.2. The standard InChI is InChI=1S/C19H25NO3S/c1-3-4-6-15-13-18(21)19-17(15)7-5-12-20(19)24(22,23)16-10-8-14(2)9-11-16/h8-11,15H,3-7,12-13H2,1-2H3. The van der Waals surface area contributed by atoms with Gasteiger partial charge in [-0.1, -0.05) is 37.5 Å². The van der Waals surface area contributed by atoms with E-state index >= 15 is 0 Å². The molecule has 0 bridgehead atoms. The van der Waals surface area contributed by atoms with E-state index in [4.69, 9.17) is 0 Å². The van der Waals surface area contributed by atoms with Crippen molar-refractivity contribution in [2.45, 2.75) is 57.3 Å². The Morgan fingerprint density at radius 2 is 1.92 bits per heavy atom. The van der Waals surface area contributed by atoms with Crippen LogP contribution in [0.5, 0.6) is 0 Å². The summed E-state index contributed by atoms with van der Waals surface area (Å²) in [7, 11) is -3.66. The van der Waals surface area contributed by atoms with E-state index in [-0.39, 0.29) is 16.6 Å². The Labute approximate surface area is 144 Å². The summed E-state index contributed by atoms with van der Waals surface area (Å²) >= 11 is 0. The van der Waals surface area contributed by atoms with Crippen molar-refractivity contribution in [1.82, 2.24) is 4.31 Å². The minimum atomic E-state index is -3.66. The molecule has 5 heteroatoms. The Morgan fingerprint density at radius 3 is 2.58 bits per heavy atom. The second-order valence-electron chi connectivity index (χ2n) is 6.83. The molecule has 1 heterocycles. The van der Waals surface area contributed by atoms with E-state index in [1.54, 1.807) is 24.3 Å². The average molecular weight is 347 g/mol. The molecule has 0 radical (unpaired) electrons. The zero-order chi connectivity index (χ0) is 17.3. The van der Waals surface area contributed by atoms with Gasteiger partial charge in [-0.2, -0.15) is 0 Å². The fourth-order valence-corrected chi connectivity index (χ4v) is 5.33. The van der Waals surface area contributed by atoms with Crippen molar-refractivity contribution in [3.05, 3.63) is 41.1 Å². The van der Waals surface area contributed by atoms with Crippen LogP contribution < -0.4 is 0 Å². The number of hydrogen-bond donors (Lipinski definition) is 0. The number of hydrogen-bond acceptors (Lipinski definition) is 3. The monoisotopic (exact) mass is 347 g/mol. The number of rotatable bonds is 5. The van der Waals surface area contributed by atoms with Crippen LogP contribution in [0.3, 0.4) is 0 Å². The van der Waals surface area contributed by atoms with Crippen LogP contribution in [0.1, 0.15) is 51.0 Å². The Kier molecular flexibility index (Phi) is 4.81. The van der Waals surface area contributed by atoms with Gasteiger partial charge in [-0.15, -0.1) is 0 Å². The summed E-state index contributed by atoms with van der Waals surface area (Å²) in [6.07, 6.45) is 5.29. The summed E-state index contributed by atoms with van der Waals surface area (Å²) in [4.78, 5) is 12.8. The van der Waals surface area contributed by atoms with Crippen LogP contribution in [0.2, 0.25) is 0 Å². The van der Waals surface area contributed by atoms with Crippen molar-refractivity contribution in [2.24, 2.45) is 5.92 Å². The SMILES string of the molecule is CCCCC1CC(=O)C2=C1CCCN2S(=O)(=O)c1ccc(C)cc1. The van der Waals surface area contributed by atoms with Crippen LogP contribution in [-0.2, 0) is 14.8 Å². The Morgan fingerprint density at radius 1 is 1.21 bits per heavy atom. The minimum absolute atomic E-state index is 0.00138. The van der Waals surface area contributed by atoms with E-state index in [1.807, 2.05) is 6.92 Å². The number of allylic oxidation sites excluding steroid dienone is 2. The van der Waals surface area contributed by atoms with Gasteiger partial charge in [0.1, 0.15) is 0 Å². The Balaban J connectivity index is 1.97. The smallest absolute Gasteiger partial charge is 0.264 e. The van der Waals surface area contributed by atoms with E-state index in [2.05, 4.69) is 6.92 Å². The van der Waals surface area contributed by atoms with Crippen molar-refractivity contribution in [3.8, 4) is 0 Å². The Bertz CT molecular complexity index is 762. The maximum absolute atomic E-state index is 13.0. The molecular formula is C19H25NO3S. The highest BCUT2D eigenvalue weighted by Gasteiger charge is 2.41. The van der Waals surface area contributed by atoms with Crippen LogP contribution in [0.25, 0.3) is 0 Å². The third-order valence-electron chi connectivity index (χ3n) is 5.06. The number of aryl methyl sites for hydroxylation is 1. The fraction of sp³-hybridized carbons (Fsp3) is 0.526. The molecular weight excluding hydrogens is 322 g/mol. The molecule has 0 fully saturated rings. The topological polar surface area (TPSA) is 54.5 Å². The summed E-state index contributed by atoms with van der Waals surface area (Å²) in [6.45, 7) is 4.47. The Hall–Kier alpha value is -1.62. The molecule has 2 aliphatic rings. The number of carbonyl (C=O) groups excluding carboxylic acids is 1. The first-order chi connectivity index (χ1) is 11.4. The van der Waals surface area contributed by atoms with Crippen molar-refractivity contribution in [3.63, 3.8) is 0 Å². The molecule has 1 atom stereocenters. The molecule has 0 spiro atoms. The van der Waals surface area contributed by atoms with Crippen molar-refractivity contribution >= 4 is 15.8 Å². The average Bonchev–Trinajstić information content (AvgIpc) is 2.89.